The summed E-state index contributed by atoms with van der Waals surface area (Å²) in [6.07, 6.45) is -0.196. The lowest BCUT2D eigenvalue weighted by Crippen LogP contribution is -2.20. The van der Waals surface area contributed by atoms with Crippen molar-refractivity contribution in [2.24, 2.45) is 0 Å². The number of benzene rings is 1. The first-order valence-electron chi connectivity index (χ1n) is 8.84. The molecule has 2 aromatic heterocycles. The Labute approximate surface area is 162 Å². The summed E-state index contributed by atoms with van der Waals surface area (Å²) in [5.41, 5.74) is 1.38. The molecule has 148 valence electrons. The third-order valence-electron chi connectivity index (χ3n) is 4.47. The van der Waals surface area contributed by atoms with Gasteiger partial charge in [-0.1, -0.05) is 23.9 Å². The maximum absolute atomic E-state index is 13.4. The number of ether oxygens (including phenoxy) is 1. The molecule has 3 heterocycles. The molecule has 28 heavy (non-hydrogen) atoms. The topological polar surface area (TPSA) is 72.3 Å². The molecule has 1 saturated heterocycles. The first kappa shape index (κ1) is 19.0. The summed E-state index contributed by atoms with van der Waals surface area (Å²) in [7, 11) is 0. The zero-order valence-corrected chi connectivity index (χ0v) is 15.5. The maximum Gasteiger partial charge on any atom is 0.350 e. The van der Waals surface area contributed by atoms with E-state index in [0.29, 0.717) is 23.4 Å². The van der Waals surface area contributed by atoms with Crippen LogP contribution >= 0.6 is 11.8 Å². The number of aromatic amines is 1. The number of halogens is 3. The van der Waals surface area contributed by atoms with Crippen molar-refractivity contribution in [1.29, 1.82) is 0 Å². The normalized spacial score (nSPS) is 17.5. The van der Waals surface area contributed by atoms with Crippen molar-refractivity contribution in [2.75, 3.05) is 12.4 Å². The second-order valence-corrected chi connectivity index (χ2v) is 7.42. The molecule has 6 nitrogen and oxygen atoms in total. The summed E-state index contributed by atoms with van der Waals surface area (Å²) in [4.78, 5) is 19.3. The molecular weight excluding hydrogens is 393 g/mol. The Morgan fingerprint density at radius 1 is 1.29 bits per heavy atom. The highest BCUT2D eigenvalue weighted by Crippen LogP contribution is 2.36. The number of thioether (sulfide) groups is 1. The molecular formula is C18H17F3N4O2S. The minimum atomic E-state index is -2.53. The van der Waals surface area contributed by atoms with Crippen LogP contribution in [0, 0.1) is 5.82 Å². The van der Waals surface area contributed by atoms with Gasteiger partial charge in [0, 0.05) is 6.61 Å². The van der Waals surface area contributed by atoms with Gasteiger partial charge < -0.3 is 4.74 Å². The molecule has 0 saturated carbocycles. The van der Waals surface area contributed by atoms with Crippen LogP contribution in [-0.4, -0.2) is 38.4 Å². The summed E-state index contributed by atoms with van der Waals surface area (Å²) in [6, 6.07) is 5.77. The predicted octanol–water partition coefficient (Wildman–Crippen LogP) is 3.82. The van der Waals surface area contributed by atoms with Gasteiger partial charge in [0.05, 0.1) is 11.3 Å². The summed E-state index contributed by atoms with van der Waals surface area (Å²) >= 11 is 0.760. The fraction of sp³-hybridized carbons (Fsp3) is 0.389. The number of nitrogens with zero attached hydrogens (tertiary/aromatic N) is 3. The molecule has 0 bridgehead atoms. The Balaban J connectivity index is 1.89. The minimum Gasteiger partial charge on any atom is -0.372 e. The third kappa shape index (κ3) is 3.79. The van der Waals surface area contributed by atoms with Crippen LogP contribution in [0.15, 0.2) is 34.2 Å². The van der Waals surface area contributed by atoms with Crippen LogP contribution in [-0.2, 0) is 4.74 Å². The molecule has 0 amide bonds. The predicted molar refractivity (Wildman–Crippen MR) is 98.3 cm³/mol. The first-order chi connectivity index (χ1) is 13.5. The molecule has 1 fully saturated rings. The molecule has 1 aliphatic heterocycles. The van der Waals surface area contributed by atoms with Gasteiger partial charge in [0.1, 0.15) is 17.6 Å². The van der Waals surface area contributed by atoms with Gasteiger partial charge in [-0.3, -0.25) is 4.98 Å². The van der Waals surface area contributed by atoms with Crippen LogP contribution in [0.25, 0.3) is 16.8 Å². The fourth-order valence-corrected chi connectivity index (χ4v) is 3.82. The van der Waals surface area contributed by atoms with Crippen LogP contribution < -0.4 is 5.69 Å². The van der Waals surface area contributed by atoms with Gasteiger partial charge in [-0.25, -0.2) is 22.9 Å². The van der Waals surface area contributed by atoms with E-state index in [9.17, 15) is 18.0 Å². The van der Waals surface area contributed by atoms with E-state index in [1.54, 1.807) is 12.1 Å². The van der Waals surface area contributed by atoms with Gasteiger partial charge in [0.15, 0.2) is 10.8 Å². The number of alkyl halides is 2. The van der Waals surface area contributed by atoms with Crippen molar-refractivity contribution in [3.8, 4) is 11.1 Å². The largest absolute Gasteiger partial charge is 0.372 e. The van der Waals surface area contributed by atoms with Gasteiger partial charge in [0.25, 0.3) is 0 Å². The molecule has 0 radical (unpaired) electrons. The molecule has 0 spiro atoms. The monoisotopic (exact) mass is 410 g/mol. The van der Waals surface area contributed by atoms with Gasteiger partial charge in [0.2, 0.25) is 6.43 Å². The standard InChI is InChI=1S/C18H17F3N4O2S/c19-11-6-4-10(5-7-11)14-15(12-3-1-2-8-27-12)24-25-16(14)22-17(23-18(25)26)28-9-13(20)21/h4-7,12-13H,1-3,8-9H2,(H,22,23,26). The quantitative estimate of drug-likeness (QED) is 0.648. The van der Waals surface area contributed by atoms with Crippen molar-refractivity contribution in [3.05, 3.63) is 46.3 Å². The molecule has 1 atom stereocenters. The van der Waals surface area contributed by atoms with E-state index in [0.717, 1.165) is 35.5 Å². The lowest BCUT2D eigenvalue weighted by molar-refractivity contribution is 0.0125. The molecule has 10 heteroatoms. The minimum absolute atomic E-state index is 0.0807. The van der Waals surface area contributed by atoms with Crippen LogP contribution in [0.5, 0.6) is 0 Å². The average Bonchev–Trinajstić information content (AvgIpc) is 3.08. The number of fused-ring (bicyclic) bond motifs is 1. The Hall–Kier alpha value is -2.33. The van der Waals surface area contributed by atoms with Gasteiger partial charge in [-0.15, -0.1) is 0 Å². The van der Waals surface area contributed by atoms with Crippen molar-refractivity contribution in [3.63, 3.8) is 0 Å². The third-order valence-corrected chi connectivity index (χ3v) is 5.35. The fourth-order valence-electron chi connectivity index (χ4n) is 3.22. The highest BCUT2D eigenvalue weighted by atomic mass is 32.2. The molecule has 1 N–H and O–H groups in total. The highest BCUT2D eigenvalue weighted by molar-refractivity contribution is 7.99. The smallest absolute Gasteiger partial charge is 0.350 e. The highest BCUT2D eigenvalue weighted by Gasteiger charge is 2.27. The van der Waals surface area contributed by atoms with E-state index in [1.165, 1.54) is 12.1 Å². The van der Waals surface area contributed by atoms with E-state index in [4.69, 9.17) is 4.74 Å². The molecule has 1 aliphatic rings. The van der Waals surface area contributed by atoms with E-state index < -0.39 is 23.7 Å². The number of nitrogens with one attached hydrogen (secondary N) is 1. The molecule has 3 aromatic rings. The Morgan fingerprint density at radius 3 is 2.75 bits per heavy atom. The number of hydrogen-bond acceptors (Lipinski definition) is 5. The van der Waals surface area contributed by atoms with Crippen molar-refractivity contribution >= 4 is 17.4 Å². The zero-order valence-electron chi connectivity index (χ0n) is 14.7. The average molecular weight is 410 g/mol. The second kappa shape index (κ2) is 7.96. The van der Waals surface area contributed by atoms with E-state index in [2.05, 4.69) is 15.1 Å². The molecule has 1 unspecified atom stereocenters. The van der Waals surface area contributed by atoms with Crippen molar-refractivity contribution in [2.45, 2.75) is 36.9 Å². The number of rotatable bonds is 5. The van der Waals surface area contributed by atoms with Gasteiger partial charge in [-0.05, 0) is 37.0 Å². The van der Waals surface area contributed by atoms with Crippen LogP contribution in [0.1, 0.15) is 31.1 Å². The van der Waals surface area contributed by atoms with Crippen molar-refractivity contribution < 1.29 is 17.9 Å². The number of aromatic nitrogens is 4. The SMILES string of the molecule is O=c1[nH]c(SCC(F)F)nc2c(-c3ccc(F)cc3)c(C3CCCCO3)nn12. The Bertz CT molecular complexity index is 1030. The van der Waals surface area contributed by atoms with E-state index in [-0.39, 0.29) is 16.9 Å². The van der Waals surface area contributed by atoms with Crippen LogP contribution in [0.3, 0.4) is 0 Å². The summed E-state index contributed by atoms with van der Waals surface area (Å²) in [5.74, 6) is -0.882. The van der Waals surface area contributed by atoms with Gasteiger partial charge in [-0.2, -0.15) is 9.61 Å². The zero-order chi connectivity index (χ0) is 19.7. The van der Waals surface area contributed by atoms with E-state index in [1.807, 2.05) is 0 Å². The summed E-state index contributed by atoms with van der Waals surface area (Å²) in [6.45, 7) is 0.584. The summed E-state index contributed by atoms with van der Waals surface area (Å²) in [5, 5.41) is 4.49. The Morgan fingerprint density at radius 2 is 2.07 bits per heavy atom. The maximum atomic E-state index is 13.4. The van der Waals surface area contributed by atoms with Gasteiger partial charge >= 0.3 is 5.69 Å². The number of H-pyrrole nitrogens is 1. The lowest BCUT2D eigenvalue weighted by atomic mass is 9.99. The molecule has 4 rings (SSSR count). The lowest BCUT2D eigenvalue weighted by Gasteiger charge is -2.21. The summed E-state index contributed by atoms with van der Waals surface area (Å²) < 4.78 is 45.5. The van der Waals surface area contributed by atoms with E-state index >= 15 is 0 Å². The van der Waals surface area contributed by atoms with Crippen LogP contribution in [0.2, 0.25) is 0 Å². The van der Waals surface area contributed by atoms with Crippen molar-refractivity contribution in [1.82, 2.24) is 19.6 Å². The Kier molecular flexibility index (Phi) is 5.40. The first-order valence-corrected chi connectivity index (χ1v) is 9.83. The van der Waals surface area contributed by atoms with Crippen LogP contribution in [0.4, 0.5) is 13.2 Å². The number of hydrogen-bond donors (Lipinski definition) is 1. The second-order valence-electron chi connectivity index (χ2n) is 6.41. The molecule has 0 aliphatic carbocycles. The molecule has 1 aromatic carbocycles.